The minimum Gasteiger partial charge on any atom is -0.508 e. The number of methoxy groups -OCH3 is 1. The third kappa shape index (κ3) is 6.18. The van der Waals surface area contributed by atoms with Gasteiger partial charge in [0.25, 0.3) is 0 Å². The number of rotatable bonds is 10. The SMILES string of the molecule is COc1cc(O)ccc1CCC(c1ccc(O)cc1)c1cc(CCC(=O)c2ccc(O)cc2)c(O)cc1O. The van der Waals surface area contributed by atoms with E-state index in [1.807, 2.05) is 0 Å². The molecular weight excluding hydrogens is 484 g/mol. The highest BCUT2D eigenvalue weighted by atomic mass is 16.5. The molecular formula is C31H30O7. The van der Waals surface area contributed by atoms with E-state index in [2.05, 4.69) is 0 Å². The molecule has 4 aromatic rings. The average Bonchev–Trinajstić information content (AvgIpc) is 2.90. The Balaban J connectivity index is 1.63. The summed E-state index contributed by atoms with van der Waals surface area (Å²) in [5.41, 5.74) is 3.31. The van der Waals surface area contributed by atoms with Gasteiger partial charge in [-0.25, -0.2) is 0 Å². The van der Waals surface area contributed by atoms with Gasteiger partial charge in [0.15, 0.2) is 5.78 Å². The molecule has 0 spiro atoms. The number of hydrogen-bond acceptors (Lipinski definition) is 7. The van der Waals surface area contributed by atoms with Crippen molar-refractivity contribution in [2.45, 2.75) is 31.6 Å². The number of carbonyl (C=O) groups is 1. The molecule has 0 amide bonds. The molecule has 0 aliphatic carbocycles. The molecule has 0 bridgehead atoms. The second-order valence-corrected chi connectivity index (χ2v) is 9.19. The first kappa shape index (κ1) is 26.4. The van der Waals surface area contributed by atoms with Gasteiger partial charge in [0.2, 0.25) is 0 Å². The normalized spacial score (nSPS) is 11.7. The zero-order chi connectivity index (χ0) is 27.2. The topological polar surface area (TPSA) is 127 Å². The number of hydrogen-bond donors (Lipinski definition) is 5. The summed E-state index contributed by atoms with van der Waals surface area (Å²) in [6.07, 6.45) is 1.50. The minimum atomic E-state index is -0.304. The molecule has 0 saturated carbocycles. The molecule has 0 aliphatic rings. The number of phenols is 5. The molecule has 38 heavy (non-hydrogen) atoms. The maximum atomic E-state index is 12.7. The lowest BCUT2D eigenvalue weighted by atomic mass is 9.84. The quantitative estimate of drug-likeness (QED) is 0.169. The Kier molecular flexibility index (Phi) is 8.06. The maximum Gasteiger partial charge on any atom is 0.163 e. The molecule has 0 saturated heterocycles. The lowest BCUT2D eigenvalue weighted by Crippen LogP contribution is -2.06. The summed E-state index contributed by atoms with van der Waals surface area (Å²) >= 11 is 0. The monoisotopic (exact) mass is 514 g/mol. The van der Waals surface area contributed by atoms with Crippen molar-refractivity contribution in [3.63, 3.8) is 0 Å². The van der Waals surface area contributed by atoms with Gasteiger partial charge in [-0.2, -0.15) is 0 Å². The molecule has 4 aromatic carbocycles. The van der Waals surface area contributed by atoms with Crippen LogP contribution in [0.1, 0.15) is 51.4 Å². The van der Waals surface area contributed by atoms with E-state index in [0.29, 0.717) is 35.3 Å². The predicted molar refractivity (Wildman–Crippen MR) is 143 cm³/mol. The first-order valence-electron chi connectivity index (χ1n) is 12.3. The fraction of sp³-hybridized carbons (Fsp3) is 0.194. The zero-order valence-electron chi connectivity index (χ0n) is 21.0. The van der Waals surface area contributed by atoms with Crippen molar-refractivity contribution in [2.75, 3.05) is 7.11 Å². The van der Waals surface area contributed by atoms with E-state index < -0.39 is 0 Å². The highest BCUT2D eigenvalue weighted by Crippen LogP contribution is 2.40. The van der Waals surface area contributed by atoms with E-state index >= 15 is 0 Å². The Morgan fingerprint density at radius 1 is 0.711 bits per heavy atom. The highest BCUT2D eigenvalue weighted by Gasteiger charge is 2.22. The van der Waals surface area contributed by atoms with Gasteiger partial charge in [-0.05, 0) is 84.5 Å². The molecule has 7 heteroatoms. The number of carbonyl (C=O) groups excluding carboxylic acids is 1. The standard InChI is InChI=1S/C31H30O7/c1-38-31-17-25(34)13-6-21(31)7-14-26(19-2-9-23(32)10-3-19)27-16-22(29(36)18-30(27)37)8-15-28(35)20-4-11-24(33)12-5-20/h2-6,9-13,16-18,26,32-34,36-37H,7-8,14-15H2,1H3. The van der Waals surface area contributed by atoms with E-state index in [1.54, 1.807) is 60.7 Å². The molecule has 1 atom stereocenters. The van der Waals surface area contributed by atoms with Crippen LogP contribution in [0.15, 0.2) is 78.9 Å². The molecule has 5 N–H and O–H groups in total. The number of ether oxygens (including phenoxy) is 1. The third-order valence-corrected chi connectivity index (χ3v) is 6.68. The van der Waals surface area contributed by atoms with Crippen LogP contribution in [0.3, 0.4) is 0 Å². The number of aryl methyl sites for hydroxylation is 2. The fourth-order valence-corrected chi connectivity index (χ4v) is 4.61. The largest absolute Gasteiger partial charge is 0.508 e. The van der Waals surface area contributed by atoms with Crippen molar-refractivity contribution in [1.82, 2.24) is 0 Å². The lowest BCUT2D eigenvalue weighted by molar-refractivity contribution is 0.0982. The van der Waals surface area contributed by atoms with Crippen LogP contribution >= 0.6 is 0 Å². The molecule has 0 fully saturated rings. The molecule has 196 valence electrons. The van der Waals surface area contributed by atoms with Crippen LogP contribution in [-0.2, 0) is 12.8 Å². The molecule has 0 aromatic heterocycles. The third-order valence-electron chi connectivity index (χ3n) is 6.68. The van der Waals surface area contributed by atoms with Crippen LogP contribution in [0.2, 0.25) is 0 Å². The molecule has 0 heterocycles. The van der Waals surface area contributed by atoms with Crippen molar-refractivity contribution >= 4 is 5.78 Å². The molecule has 4 rings (SSSR count). The average molecular weight is 515 g/mol. The van der Waals surface area contributed by atoms with E-state index in [4.69, 9.17) is 4.74 Å². The van der Waals surface area contributed by atoms with Gasteiger partial charge in [0.1, 0.15) is 34.5 Å². The molecule has 0 aliphatic heterocycles. The molecule has 1 unspecified atom stereocenters. The first-order valence-corrected chi connectivity index (χ1v) is 12.3. The van der Waals surface area contributed by atoms with Gasteiger partial charge in [-0.1, -0.05) is 18.2 Å². The van der Waals surface area contributed by atoms with Gasteiger partial charge >= 0.3 is 0 Å². The highest BCUT2D eigenvalue weighted by molar-refractivity contribution is 5.96. The van der Waals surface area contributed by atoms with Gasteiger partial charge < -0.3 is 30.3 Å². The van der Waals surface area contributed by atoms with Crippen LogP contribution in [0.5, 0.6) is 34.5 Å². The number of aromatic hydroxyl groups is 5. The van der Waals surface area contributed by atoms with Crippen LogP contribution in [0.4, 0.5) is 0 Å². The molecule has 0 radical (unpaired) electrons. The van der Waals surface area contributed by atoms with E-state index in [-0.39, 0.29) is 53.3 Å². The summed E-state index contributed by atoms with van der Waals surface area (Å²) in [4.78, 5) is 12.7. The van der Waals surface area contributed by atoms with Crippen molar-refractivity contribution in [3.05, 3.63) is 107 Å². The summed E-state index contributed by atoms with van der Waals surface area (Å²) in [5.74, 6) is 0.237. The van der Waals surface area contributed by atoms with Gasteiger partial charge in [0, 0.05) is 35.6 Å². The fourth-order valence-electron chi connectivity index (χ4n) is 4.61. The van der Waals surface area contributed by atoms with Crippen LogP contribution in [0.25, 0.3) is 0 Å². The summed E-state index contributed by atoms with van der Waals surface area (Å²) < 4.78 is 5.42. The summed E-state index contributed by atoms with van der Waals surface area (Å²) in [5, 5.41) is 50.5. The Hall–Kier alpha value is -4.65. The summed E-state index contributed by atoms with van der Waals surface area (Å²) in [6.45, 7) is 0. The van der Waals surface area contributed by atoms with Gasteiger partial charge in [-0.15, -0.1) is 0 Å². The smallest absolute Gasteiger partial charge is 0.163 e. The van der Waals surface area contributed by atoms with Gasteiger partial charge in [-0.3, -0.25) is 4.79 Å². The Labute approximate surface area is 220 Å². The summed E-state index contributed by atoms with van der Waals surface area (Å²) in [6, 6.07) is 20.7. The molecule has 7 nitrogen and oxygen atoms in total. The van der Waals surface area contributed by atoms with E-state index in [9.17, 15) is 30.3 Å². The second-order valence-electron chi connectivity index (χ2n) is 9.19. The summed E-state index contributed by atoms with van der Waals surface area (Å²) in [7, 11) is 1.53. The number of benzene rings is 4. The Morgan fingerprint density at radius 3 is 2.00 bits per heavy atom. The lowest BCUT2D eigenvalue weighted by Gasteiger charge is -2.21. The van der Waals surface area contributed by atoms with Crippen molar-refractivity contribution in [2.24, 2.45) is 0 Å². The number of phenolic OH excluding ortho intramolecular Hbond substituents is 5. The Morgan fingerprint density at radius 2 is 1.34 bits per heavy atom. The van der Waals surface area contributed by atoms with Crippen LogP contribution < -0.4 is 4.74 Å². The zero-order valence-corrected chi connectivity index (χ0v) is 21.0. The Bertz CT molecular complexity index is 1410. The van der Waals surface area contributed by atoms with Crippen molar-refractivity contribution in [3.8, 4) is 34.5 Å². The minimum absolute atomic E-state index is 0.0765. The van der Waals surface area contributed by atoms with E-state index in [0.717, 1.165) is 11.1 Å². The van der Waals surface area contributed by atoms with Gasteiger partial charge in [0.05, 0.1) is 7.11 Å². The van der Waals surface area contributed by atoms with Crippen molar-refractivity contribution in [1.29, 1.82) is 0 Å². The van der Waals surface area contributed by atoms with E-state index in [1.165, 1.54) is 25.3 Å². The number of ketones is 1. The number of Topliss-reactive ketones (excluding diaryl/α,β-unsaturated/α-hetero) is 1. The maximum absolute atomic E-state index is 12.7. The van der Waals surface area contributed by atoms with Crippen molar-refractivity contribution < 1.29 is 35.1 Å². The van der Waals surface area contributed by atoms with Crippen LogP contribution in [0, 0.1) is 0 Å². The van der Waals surface area contributed by atoms with Crippen LogP contribution in [-0.4, -0.2) is 38.4 Å². The second kappa shape index (κ2) is 11.6. The predicted octanol–water partition coefficient (Wildman–Crippen LogP) is 5.80. The first-order chi connectivity index (χ1) is 18.2.